The molecular weight excluding hydrogens is 208 g/mol. The molecule has 1 aromatic rings. The number of rotatable bonds is 4. The second kappa shape index (κ2) is 4.83. The van der Waals surface area contributed by atoms with Crippen molar-refractivity contribution in [3.63, 3.8) is 0 Å². The van der Waals surface area contributed by atoms with Gasteiger partial charge in [0.1, 0.15) is 5.75 Å². The molecule has 0 atom stereocenters. The molecule has 0 aliphatic rings. The summed E-state index contributed by atoms with van der Waals surface area (Å²) in [5.41, 5.74) is 0.0227. The molecule has 0 bridgehead atoms. The van der Waals surface area contributed by atoms with E-state index in [1.54, 1.807) is 0 Å². The van der Waals surface area contributed by atoms with Gasteiger partial charge in [0.25, 0.3) is 0 Å². The Morgan fingerprint density at radius 2 is 2.29 bits per heavy atom. The minimum atomic E-state index is -0.171. The van der Waals surface area contributed by atoms with Gasteiger partial charge in [0, 0.05) is 7.11 Å². The average Bonchev–Trinajstić information content (AvgIpc) is 2.19. The maximum atomic E-state index is 10.6. The normalized spacial score (nSPS) is 9.86. The molecule has 0 heterocycles. The molecule has 4 nitrogen and oxygen atoms in total. The Bertz CT molecular complexity index is 338. The molecule has 0 saturated heterocycles. The van der Waals surface area contributed by atoms with E-state index < -0.39 is 0 Å². The van der Waals surface area contributed by atoms with Crippen LogP contribution in [-0.4, -0.2) is 25.3 Å². The second-order valence-corrected chi connectivity index (χ2v) is 2.89. The third-order valence-electron chi connectivity index (χ3n) is 1.56. The first-order chi connectivity index (χ1) is 6.70. The van der Waals surface area contributed by atoms with Crippen LogP contribution < -0.4 is 4.74 Å². The third-order valence-corrected chi connectivity index (χ3v) is 1.86. The Hall–Kier alpha value is -1.26. The lowest BCUT2D eigenvalue weighted by Crippen LogP contribution is -2.02. The maximum Gasteiger partial charge on any atom is 0.188 e. The van der Waals surface area contributed by atoms with Crippen molar-refractivity contribution in [1.29, 1.82) is 0 Å². The van der Waals surface area contributed by atoms with Gasteiger partial charge in [-0.15, -0.1) is 0 Å². The number of methoxy groups -OCH3 is 1. The van der Waals surface area contributed by atoms with Crippen molar-refractivity contribution in [2.75, 3.05) is 13.9 Å². The Morgan fingerprint density at radius 3 is 2.86 bits per heavy atom. The highest BCUT2D eigenvalue weighted by Gasteiger charge is 2.12. The number of hydrogen-bond acceptors (Lipinski definition) is 4. The SMILES string of the molecule is COCOc1c(Cl)ccc(O)c1C=O. The van der Waals surface area contributed by atoms with Crippen LogP contribution in [0.25, 0.3) is 0 Å². The predicted molar refractivity (Wildman–Crippen MR) is 51.0 cm³/mol. The second-order valence-electron chi connectivity index (χ2n) is 2.48. The Morgan fingerprint density at radius 1 is 1.57 bits per heavy atom. The van der Waals surface area contributed by atoms with E-state index in [-0.39, 0.29) is 28.9 Å². The summed E-state index contributed by atoms with van der Waals surface area (Å²) in [5, 5.41) is 9.56. The lowest BCUT2D eigenvalue weighted by Gasteiger charge is -2.09. The maximum absolute atomic E-state index is 10.6. The number of carbonyl (C=O) groups excluding carboxylic acids is 1. The van der Waals surface area contributed by atoms with Crippen molar-refractivity contribution in [1.82, 2.24) is 0 Å². The van der Waals surface area contributed by atoms with Crippen molar-refractivity contribution in [2.24, 2.45) is 0 Å². The minimum Gasteiger partial charge on any atom is -0.507 e. The number of phenolic OH excluding ortho intramolecular Hbond substituents is 1. The fraction of sp³-hybridized carbons (Fsp3) is 0.222. The highest BCUT2D eigenvalue weighted by atomic mass is 35.5. The molecule has 0 aliphatic heterocycles. The molecular formula is C9H9ClO4. The van der Waals surface area contributed by atoms with Gasteiger partial charge in [0.15, 0.2) is 18.8 Å². The van der Waals surface area contributed by atoms with Crippen LogP contribution in [0.3, 0.4) is 0 Å². The van der Waals surface area contributed by atoms with Crippen LogP contribution in [-0.2, 0) is 4.74 Å². The van der Waals surface area contributed by atoms with Gasteiger partial charge >= 0.3 is 0 Å². The number of halogens is 1. The monoisotopic (exact) mass is 216 g/mol. The van der Waals surface area contributed by atoms with Crippen LogP contribution in [0.15, 0.2) is 12.1 Å². The molecule has 0 fully saturated rings. The molecule has 1 rings (SSSR count). The van der Waals surface area contributed by atoms with Crippen molar-refractivity contribution in [3.8, 4) is 11.5 Å². The smallest absolute Gasteiger partial charge is 0.188 e. The van der Waals surface area contributed by atoms with Gasteiger partial charge < -0.3 is 14.6 Å². The van der Waals surface area contributed by atoms with E-state index >= 15 is 0 Å². The fourth-order valence-electron chi connectivity index (χ4n) is 0.941. The van der Waals surface area contributed by atoms with E-state index in [1.165, 1.54) is 19.2 Å². The van der Waals surface area contributed by atoms with Crippen LogP contribution in [0, 0.1) is 0 Å². The topological polar surface area (TPSA) is 55.8 Å². The van der Waals surface area contributed by atoms with E-state index in [9.17, 15) is 9.90 Å². The summed E-state index contributed by atoms with van der Waals surface area (Å²) in [6, 6.07) is 2.76. The number of ether oxygens (including phenoxy) is 2. The van der Waals surface area contributed by atoms with Gasteiger partial charge in [0.2, 0.25) is 0 Å². The van der Waals surface area contributed by atoms with Crippen LogP contribution in [0.2, 0.25) is 5.02 Å². The van der Waals surface area contributed by atoms with Crippen LogP contribution >= 0.6 is 11.6 Å². The lowest BCUT2D eigenvalue weighted by atomic mass is 10.2. The summed E-state index contributed by atoms with van der Waals surface area (Å²) in [6.45, 7) is -0.0377. The molecule has 14 heavy (non-hydrogen) atoms. The summed E-state index contributed by atoms with van der Waals surface area (Å²) < 4.78 is 9.71. The Balaban J connectivity index is 3.09. The standard InChI is InChI=1S/C9H9ClO4/c1-13-5-14-9-6(4-11)8(12)3-2-7(9)10/h2-4,12H,5H2,1H3. The zero-order chi connectivity index (χ0) is 10.6. The highest BCUT2D eigenvalue weighted by Crippen LogP contribution is 2.33. The third kappa shape index (κ3) is 2.16. The molecule has 1 aromatic carbocycles. The van der Waals surface area contributed by atoms with Gasteiger partial charge in [0.05, 0.1) is 10.6 Å². The zero-order valence-corrected chi connectivity index (χ0v) is 8.25. The van der Waals surface area contributed by atoms with Gasteiger partial charge in [-0.2, -0.15) is 0 Å². The average molecular weight is 217 g/mol. The van der Waals surface area contributed by atoms with Crippen molar-refractivity contribution in [2.45, 2.75) is 0 Å². The Labute approximate surface area is 86.0 Å². The highest BCUT2D eigenvalue weighted by molar-refractivity contribution is 6.32. The quantitative estimate of drug-likeness (QED) is 0.616. The molecule has 5 heteroatoms. The first kappa shape index (κ1) is 10.8. The minimum absolute atomic E-state index is 0.0227. The van der Waals surface area contributed by atoms with Gasteiger partial charge in [-0.25, -0.2) is 0 Å². The fourth-order valence-corrected chi connectivity index (χ4v) is 1.16. The van der Waals surface area contributed by atoms with Crippen molar-refractivity contribution < 1.29 is 19.4 Å². The molecule has 0 aliphatic carbocycles. The number of hydrogen-bond donors (Lipinski definition) is 1. The van der Waals surface area contributed by atoms with E-state index in [4.69, 9.17) is 16.3 Å². The zero-order valence-electron chi connectivity index (χ0n) is 7.49. The largest absolute Gasteiger partial charge is 0.507 e. The number of carbonyl (C=O) groups is 1. The molecule has 0 amide bonds. The Kier molecular flexibility index (Phi) is 3.73. The van der Waals surface area contributed by atoms with E-state index in [2.05, 4.69) is 4.74 Å². The summed E-state index contributed by atoms with van der Waals surface area (Å²) in [5.74, 6) is -0.0426. The first-order valence-electron chi connectivity index (χ1n) is 3.79. The van der Waals surface area contributed by atoms with E-state index in [0.29, 0.717) is 6.29 Å². The molecule has 0 unspecified atom stereocenters. The summed E-state index contributed by atoms with van der Waals surface area (Å²) >= 11 is 5.77. The van der Waals surface area contributed by atoms with Crippen LogP contribution in [0.4, 0.5) is 0 Å². The summed E-state index contributed by atoms with van der Waals surface area (Å²) in [6.07, 6.45) is 0.478. The van der Waals surface area contributed by atoms with Crippen molar-refractivity contribution in [3.05, 3.63) is 22.7 Å². The number of phenols is 1. The van der Waals surface area contributed by atoms with Crippen LogP contribution in [0.1, 0.15) is 10.4 Å². The first-order valence-corrected chi connectivity index (χ1v) is 4.17. The van der Waals surface area contributed by atoms with Gasteiger partial charge in [-0.05, 0) is 12.1 Å². The molecule has 0 spiro atoms. The lowest BCUT2D eigenvalue weighted by molar-refractivity contribution is 0.0504. The van der Waals surface area contributed by atoms with Gasteiger partial charge in [-0.1, -0.05) is 11.6 Å². The predicted octanol–water partition coefficient (Wildman–Crippen LogP) is 1.84. The van der Waals surface area contributed by atoms with Crippen molar-refractivity contribution >= 4 is 17.9 Å². The number of aldehydes is 1. The molecule has 0 aromatic heterocycles. The van der Waals surface area contributed by atoms with Gasteiger partial charge in [-0.3, -0.25) is 4.79 Å². The molecule has 76 valence electrons. The number of aromatic hydroxyl groups is 1. The van der Waals surface area contributed by atoms with E-state index in [0.717, 1.165) is 0 Å². The summed E-state index contributed by atoms with van der Waals surface area (Å²) in [7, 11) is 1.44. The molecule has 0 saturated carbocycles. The van der Waals surface area contributed by atoms with E-state index in [1.807, 2.05) is 0 Å². The van der Waals surface area contributed by atoms with Crippen LogP contribution in [0.5, 0.6) is 11.5 Å². The summed E-state index contributed by atoms with van der Waals surface area (Å²) in [4.78, 5) is 10.6. The molecule has 1 N–H and O–H groups in total. The molecule has 0 radical (unpaired) electrons. The number of benzene rings is 1.